The lowest BCUT2D eigenvalue weighted by atomic mass is 10.0. The highest BCUT2D eigenvalue weighted by molar-refractivity contribution is 6.90. The van der Waals surface area contributed by atoms with Crippen LogP contribution in [0.2, 0.25) is 16.6 Å². The summed E-state index contributed by atoms with van der Waals surface area (Å²) in [5, 5.41) is 10.2. The Hall–Kier alpha value is -1.05. The zero-order chi connectivity index (χ0) is 16.8. The number of rotatable bonds is 6. The smallest absolute Gasteiger partial charge is 0.316 e. The Morgan fingerprint density at radius 2 is 1.57 bits per heavy atom. The Labute approximate surface area is 130 Å². The largest absolute Gasteiger partial charge is 0.468 e. The number of hydrogen-bond donors (Lipinski definition) is 1. The van der Waals surface area contributed by atoms with Crippen LogP contribution >= 0.6 is 0 Å². The Morgan fingerprint density at radius 1 is 1.14 bits per heavy atom. The molecule has 3 nitrogen and oxygen atoms in total. The molecule has 0 aromatic rings. The molecule has 0 aliphatic rings. The summed E-state index contributed by atoms with van der Waals surface area (Å²) in [7, 11) is -0.601. The number of esters is 1. The number of ether oxygens (including phenoxy) is 1. The maximum absolute atomic E-state index is 11.6. The van der Waals surface area contributed by atoms with Crippen molar-refractivity contribution in [2.75, 3.05) is 7.11 Å². The molecule has 0 aromatic carbocycles. The number of aliphatic hydroxyl groups excluding tert-OH is 1. The van der Waals surface area contributed by atoms with E-state index in [2.05, 4.69) is 64.3 Å². The molecule has 0 saturated heterocycles. The molecule has 0 aliphatic carbocycles. The van der Waals surface area contributed by atoms with E-state index in [-0.39, 0.29) is 0 Å². The third-order valence-electron chi connectivity index (χ3n) is 4.37. The Bertz CT molecular complexity index is 394. The fourth-order valence-electron chi connectivity index (χ4n) is 3.21. The highest BCUT2D eigenvalue weighted by Crippen LogP contribution is 2.40. The molecule has 0 saturated carbocycles. The molecule has 0 fully saturated rings. The Balaban J connectivity index is 5.57. The van der Waals surface area contributed by atoms with Gasteiger partial charge in [0.25, 0.3) is 0 Å². The van der Waals surface area contributed by atoms with Gasteiger partial charge in [0.1, 0.15) is 20.1 Å². The van der Waals surface area contributed by atoms with Gasteiger partial charge in [0.15, 0.2) is 0 Å². The van der Waals surface area contributed by atoms with Gasteiger partial charge in [-0.05, 0) is 16.6 Å². The maximum Gasteiger partial charge on any atom is 0.316 e. The average Bonchev–Trinajstić information content (AvgIpc) is 2.38. The monoisotopic (exact) mass is 310 g/mol. The van der Waals surface area contributed by atoms with Gasteiger partial charge in [0.05, 0.1) is 7.11 Å². The third kappa shape index (κ3) is 4.46. The minimum Gasteiger partial charge on any atom is -0.468 e. The summed E-state index contributed by atoms with van der Waals surface area (Å²) in [4.78, 5) is 11.6. The molecule has 0 aliphatic heterocycles. The Kier molecular flexibility index (Phi) is 7.98. The summed E-state index contributed by atoms with van der Waals surface area (Å²) in [5.41, 5.74) is 4.86. The lowest BCUT2D eigenvalue weighted by Gasteiger charge is -2.38. The number of aliphatic hydroxyl groups is 1. The van der Waals surface area contributed by atoms with Crippen LogP contribution in [0.25, 0.3) is 0 Å². The SMILES string of the molecule is C=C[C@H](C(=O)OC)[C@H](O)C#C[Si](C(C)C)(C(C)C)C(C)C. The molecule has 21 heavy (non-hydrogen) atoms. The molecule has 0 amide bonds. The second-order valence-electron chi connectivity index (χ2n) is 6.40. The predicted octanol–water partition coefficient (Wildman–Crippen LogP) is 3.54. The van der Waals surface area contributed by atoms with Crippen LogP contribution in [0.4, 0.5) is 0 Å². The van der Waals surface area contributed by atoms with Crippen molar-refractivity contribution >= 4 is 14.0 Å². The van der Waals surface area contributed by atoms with Crippen molar-refractivity contribution < 1.29 is 14.6 Å². The third-order valence-corrected chi connectivity index (χ3v) is 10.7. The molecule has 0 unspecified atom stereocenters. The van der Waals surface area contributed by atoms with Gasteiger partial charge in [0, 0.05) is 0 Å². The molecule has 0 spiro atoms. The van der Waals surface area contributed by atoms with Crippen LogP contribution in [0.5, 0.6) is 0 Å². The van der Waals surface area contributed by atoms with Gasteiger partial charge in [-0.25, -0.2) is 0 Å². The highest BCUT2D eigenvalue weighted by Gasteiger charge is 2.42. The lowest BCUT2D eigenvalue weighted by Crippen LogP contribution is -2.43. The first kappa shape index (κ1) is 19.9. The first-order valence-electron chi connectivity index (χ1n) is 7.56. The van der Waals surface area contributed by atoms with E-state index in [1.165, 1.54) is 13.2 Å². The van der Waals surface area contributed by atoms with E-state index in [1.807, 2.05) is 0 Å². The second-order valence-corrected chi connectivity index (χ2v) is 12.0. The van der Waals surface area contributed by atoms with E-state index in [1.54, 1.807) is 0 Å². The molecule has 120 valence electrons. The quantitative estimate of drug-likeness (QED) is 0.353. The molecule has 0 rings (SSSR count). The van der Waals surface area contributed by atoms with Gasteiger partial charge in [-0.15, -0.1) is 12.1 Å². The van der Waals surface area contributed by atoms with Crippen molar-refractivity contribution in [3.63, 3.8) is 0 Å². The minimum absolute atomic E-state index is 0.484. The van der Waals surface area contributed by atoms with Crippen LogP contribution < -0.4 is 0 Å². The van der Waals surface area contributed by atoms with Gasteiger partial charge < -0.3 is 9.84 Å². The predicted molar refractivity (Wildman–Crippen MR) is 90.5 cm³/mol. The summed E-state index contributed by atoms with van der Waals surface area (Å²) in [6.45, 7) is 16.8. The number of carbonyl (C=O) groups is 1. The van der Waals surface area contributed by atoms with Crippen LogP contribution in [-0.2, 0) is 9.53 Å². The van der Waals surface area contributed by atoms with Crippen LogP contribution in [0, 0.1) is 17.4 Å². The highest BCUT2D eigenvalue weighted by atomic mass is 28.3. The van der Waals surface area contributed by atoms with E-state index < -0.39 is 26.1 Å². The molecule has 2 atom stereocenters. The van der Waals surface area contributed by atoms with Crippen LogP contribution in [0.3, 0.4) is 0 Å². The van der Waals surface area contributed by atoms with E-state index in [9.17, 15) is 9.90 Å². The van der Waals surface area contributed by atoms with Crippen LogP contribution in [0.15, 0.2) is 12.7 Å². The minimum atomic E-state index is -1.90. The molecule has 1 N–H and O–H groups in total. The summed E-state index contributed by atoms with van der Waals surface area (Å²) in [6.07, 6.45) is 0.340. The molecular weight excluding hydrogens is 280 g/mol. The Morgan fingerprint density at radius 3 is 1.86 bits per heavy atom. The normalized spacial score (nSPS) is 14.6. The fourth-order valence-corrected chi connectivity index (χ4v) is 8.48. The van der Waals surface area contributed by atoms with Gasteiger partial charge in [-0.3, -0.25) is 4.79 Å². The molecule has 4 heteroatoms. The van der Waals surface area contributed by atoms with E-state index in [0.717, 1.165) is 0 Å². The molecular formula is C17H30O3Si. The molecule has 0 aromatic heterocycles. The first-order chi connectivity index (χ1) is 9.64. The van der Waals surface area contributed by atoms with Crippen molar-refractivity contribution in [3.8, 4) is 11.5 Å². The summed E-state index contributed by atoms with van der Waals surface area (Å²) >= 11 is 0. The number of carbonyl (C=O) groups excluding carboxylic acids is 1. The summed E-state index contributed by atoms with van der Waals surface area (Å²) in [6, 6.07) is 0. The van der Waals surface area contributed by atoms with E-state index in [4.69, 9.17) is 0 Å². The van der Waals surface area contributed by atoms with Gasteiger partial charge >= 0.3 is 5.97 Å². The van der Waals surface area contributed by atoms with Crippen LogP contribution in [-0.4, -0.2) is 32.4 Å². The standard InChI is InChI=1S/C17H30O3Si/c1-9-15(17(19)20-8)16(18)10-11-21(12(2)3,13(4)5)14(6)7/h9,12-16,18H,1H2,2-8H3/t15-,16+/m0/s1. The van der Waals surface area contributed by atoms with E-state index >= 15 is 0 Å². The average molecular weight is 311 g/mol. The summed E-state index contributed by atoms with van der Waals surface area (Å²) in [5.74, 6) is 1.64. The number of hydrogen-bond acceptors (Lipinski definition) is 3. The van der Waals surface area contributed by atoms with Gasteiger partial charge in [-0.1, -0.05) is 53.5 Å². The van der Waals surface area contributed by atoms with Crippen molar-refractivity contribution in [3.05, 3.63) is 12.7 Å². The van der Waals surface area contributed by atoms with Crippen molar-refractivity contribution in [2.24, 2.45) is 5.92 Å². The van der Waals surface area contributed by atoms with Gasteiger partial charge in [-0.2, -0.15) is 0 Å². The van der Waals surface area contributed by atoms with Crippen molar-refractivity contribution in [2.45, 2.75) is 64.3 Å². The molecule has 0 bridgehead atoms. The lowest BCUT2D eigenvalue weighted by molar-refractivity contribution is -0.145. The first-order valence-corrected chi connectivity index (χ1v) is 9.79. The molecule has 0 radical (unpaired) electrons. The number of methoxy groups -OCH3 is 1. The van der Waals surface area contributed by atoms with E-state index in [0.29, 0.717) is 16.6 Å². The topological polar surface area (TPSA) is 46.5 Å². The molecule has 0 heterocycles. The summed E-state index contributed by atoms with van der Waals surface area (Å²) < 4.78 is 4.67. The van der Waals surface area contributed by atoms with Crippen LogP contribution in [0.1, 0.15) is 41.5 Å². The van der Waals surface area contributed by atoms with Crippen molar-refractivity contribution in [1.29, 1.82) is 0 Å². The zero-order valence-electron chi connectivity index (χ0n) is 14.4. The van der Waals surface area contributed by atoms with Crippen molar-refractivity contribution in [1.82, 2.24) is 0 Å². The second kappa shape index (κ2) is 8.40. The van der Waals surface area contributed by atoms with Gasteiger partial charge in [0.2, 0.25) is 0 Å². The maximum atomic E-state index is 11.6. The fraction of sp³-hybridized carbons (Fsp3) is 0.706. The zero-order valence-corrected chi connectivity index (χ0v) is 15.4.